The summed E-state index contributed by atoms with van der Waals surface area (Å²) in [5, 5.41) is 11.0. The van der Waals surface area contributed by atoms with E-state index >= 15 is 0 Å². The van der Waals surface area contributed by atoms with Crippen LogP contribution in [0.5, 0.6) is 0 Å². The minimum absolute atomic E-state index is 0.103. The molecule has 0 saturated carbocycles. The molecule has 3 aromatic carbocycles. The number of anilines is 1. The number of para-hydroxylation sites is 1. The molecular formula is C25H21NO3. The molecule has 0 spiro atoms. The third-order valence-electron chi connectivity index (χ3n) is 5.20. The molecule has 1 fully saturated rings. The van der Waals surface area contributed by atoms with Gasteiger partial charge in [0.2, 0.25) is 0 Å². The zero-order valence-corrected chi connectivity index (χ0v) is 16.3. The summed E-state index contributed by atoms with van der Waals surface area (Å²) in [6, 6.07) is 23.3. The van der Waals surface area contributed by atoms with Gasteiger partial charge in [-0.25, -0.2) is 0 Å². The Hall–Kier alpha value is -3.66. The Bertz CT molecular complexity index is 1100. The first-order valence-electron chi connectivity index (χ1n) is 9.47. The summed E-state index contributed by atoms with van der Waals surface area (Å²) in [4.78, 5) is 27.5. The fourth-order valence-corrected chi connectivity index (χ4v) is 3.62. The number of Topliss-reactive ketones (excluding diaryl/α,β-unsaturated/α-hetero) is 1. The molecule has 0 radical (unpaired) electrons. The highest BCUT2D eigenvalue weighted by atomic mass is 16.3. The molecule has 1 atom stereocenters. The molecule has 1 heterocycles. The van der Waals surface area contributed by atoms with Gasteiger partial charge in [-0.2, -0.15) is 0 Å². The van der Waals surface area contributed by atoms with Crippen molar-refractivity contribution in [1.29, 1.82) is 0 Å². The molecule has 1 amide bonds. The van der Waals surface area contributed by atoms with E-state index in [1.165, 1.54) is 4.90 Å². The van der Waals surface area contributed by atoms with Gasteiger partial charge >= 0.3 is 0 Å². The monoisotopic (exact) mass is 383 g/mol. The van der Waals surface area contributed by atoms with Crippen LogP contribution in [0.1, 0.15) is 28.3 Å². The number of ketones is 1. The van der Waals surface area contributed by atoms with Gasteiger partial charge in [0, 0.05) is 11.3 Å². The minimum atomic E-state index is -0.695. The zero-order valence-electron chi connectivity index (χ0n) is 16.3. The van der Waals surface area contributed by atoms with Gasteiger partial charge in [-0.15, -0.1) is 0 Å². The zero-order chi connectivity index (χ0) is 20.5. The number of aliphatic hydroxyl groups excluding tert-OH is 1. The van der Waals surface area contributed by atoms with Crippen molar-refractivity contribution in [1.82, 2.24) is 0 Å². The predicted octanol–water partition coefficient (Wildman–Crippen LogP) is 4.93. The molecule has 1 unspecified atom stereocenters. The van der Waals surface area contributed by atoms with Crippen LogP contribution < -0.4 is 4.90 Å². The summed E-state index contributed by atoms with van der Waals surface area (Å²) in [5.41, 5.74) is 4.12. The molecule has 0 aromatic heterocycles. The Kier molecular flexibility index (Phi) is 4.77. The Labute approximate surface area is 169 Å². The molecule has 144 valence electrons. The Morgan fingerprint density at radius 3 is 1.93 bits per heavy atom. The molecule has 1 saturated heterocycles. The SMILES string of the molecule is Cc1ccc(/C(O)=C2\C(=O)C(=O)N(c3ccccc3)C2c2ccc(C)cc2)cc1. The van der Waals surface area contributed by atoms with Gasteiger partial charge < -0.3 is 5.11 Å². The van der Waals surface area contributed by atoms with Gasteiger partial charge in [0.25, 0.3) is 11.7 Å². The summed E-state index contributed by atoms with van der Waals surface area (Å²) in [7, 11) is 0. The highest BCUT2D eigenvalue weighted by Crippen LogP contribution is 2.42. The average molecular weight is 383 g/mol. The van der Waals surface area contributed by atoms with Crippen molar-refractivity contribution in [2.45, 2.75) is 19.9 Å². The van der Waals surface area contributed by atoms with E-state index in [0.717, 1.165) is 16.7 Å². The van der Waals surface area contributed by atoms with Gasteiger partial charge in [-0.05, 0) is 31.5 Å². The number of aryl methyl sites for hydroxylation is 2. The van der Waals surface area contributed by atoms with Gasteiger partial charge in [0.15, 0.2) is 0 Å². The third kappa shape index (κ3) is 3.34. The number of hydrogen-bond donors (Lipinski definition) is 1. The van der Waals surface area contributed by atoms with Gasteiger partial charge in [-0.3, -0.25) is 14.5 Å². The fourth-order valence-electron chi connectivity index (χ4n) is 3.62. The van der Waals surface area contributed by atoms with Crippen LogP contribution in [0.15, 0.2) is 84.4 Å². The van der Waals surface area contributed by atoms with E-state index in [0.29, 0.717) is 11.3 Å². The highest BCUT2D eigenvalue weighted by molar-refractivity contribution is 6.51. The summed E-state index contributed by atoms with van der Waals surface area (Å²) in [6.07, 6.45) is 0. The van der Waals surface area contributed by atoms with Crippen LogP contribution in [0, 0.1) is 13.8 Å². The van der Waals surface area contributed by atoms with Crippen LogP contribution in [0.25, 0.3) is 5.76 Å². The third-order valence-corrected chi connectivity index (χ3v) is 5.20. The largest absolute Gasteiger partial charge is 0.507 e. The van der Waals surface area contributed by atoms with Crippen LogP contribution >= 0.6 is 0 Å². The molecule has 1 N–H and O–H groups in total. The number of nitrogens with zero attached hydrogens (tertiary/aromatic N) is 1. The van der Waals surface area contributed by atoms with Crippen LogP contribution in [-0.4, -0.2) is 16.8 Å². The first-order chi connectivity index (χ1) is 14.0. The predicted molar refractivity (Wildman–Crippen MR) is 114 cm³/mol. The van der Waals surface area contributed by atoms with Crippen molar-refractivity contribution in [3.63, 3.8) is 0 Å². The quantitative estimate of drug-likeness (QED) is 0.396. The first-order valence-corrected chi connectivity index (χ1v) is 9.47. The lowest BCUT2D eigenvalue weighted by molar-refractivity contribution is -0.132. The number of hydrogen-bond acceptors (Lipinski definition) is 3. The molecule has 29 heavy (non-hydrogen) atoms. The van der Waals surface area contributed by atoms with Crippen LogP contribution in [0.4, 0.5) is 5.69 Å². The van der Waals surface area contributed by atoms with Crippen LogP contribution in [-0.2, 0) is 9.59 Å². The van der Waals surface area contributed by atoms with E-state index in [-0.39, 0.29) is 11.3 Å². The Morgan fingerprint density at radius 2 is 1.34 bits per heavy atom. The normalized spacial score (nSPS) is 18.3. The van der Waals surface area contributed by atoms with E-state index in [1.54, 1.807) is 24.3 Å². The Morgan fingerprint density at radius 1 is 0.793 bits per heavy atom. The van der Waals surface area contributed by atoms with Crippen LogP contribution in [0.3, 0.4) is 0 Å². The second kappa shape index (κ2) is 7.40. The maximum Gasteiger partial charge on any atom is 0.300 e. The van der Waals surface area contributed by atoms with Crippen molar-refractivity contribution < 1.29 is 14.7 Å². The highest BCUT2D eigenvalue weighted by Gasteiger charge is 2.46. The summed E-state index contributed by atoms with van der Waals surface area (Å²) in [6.45, 7) is 3.93. The molecule has 0 aliphatic carbocycles. The van der Waals surface area contributed by atoms with Crippen molar-refractivity contribution in [3.05, 3.63) is 107 Å². The van der Waals surface area contributed by atoms with E-state index in [9.17, 15) is 14.7 Å². The first kappa shape index (κ1) is 18.7. The Balaban J connectivity index is 1.94. The molecule has 4 heteroatoms. The fraction of sp³-hybridized carbons (Fsp3) is 0.120. The molecular weight excluding hydrogens is 362 g/mol. The van der Waals surface area contributed by atoms with Crippen molar-refractivity contribution >= 4 is 23.1 Å². The van der Waals surface area contributed by atoms with Crippen LogP contribution in [0.2, 0.25) is 0 Å². The number of rotatable bonds is 3. The lowest BCUT2D eigenvalue weighted by atomic mass is 9.94. The number of aliphatic hydroxyl groups is 1. The van der Waals surface area contributed by atoms with E-state index in [4.69, 9.17) is 0 Å². The summed E-state index contributed by atoms with van der Waals surface area (Å²) >= 11 is 0. The molecule has 3 aromatic rings. The molecule has 1 aliphatic rings. The molecule has 4 nitrogen and oxygen atoms in total. The average Bonchev–Trinajstić information content (AvgIpc) is 3.00. The van der Waals surface area contributed by atoms with Gasteiger partial charge in [0.1, 0.15) is 5.76 Å². The number of carbonyl (C=O) groups is 2. The molecule has 4 rings (SSSR count). The maximum atomic E-state index is 13.0. The van der Waals surface area contributed by atoms with Gasteiger partial charge in [0.05, 0.1) is 11.6 Å². The second-order valence-corrected chi connectivity index (χ2v) is 7.28. The lowest BCUT2D eigenvalue weighted by Crippen LogP contribution is -2.29. The van der Waals surface area contributed by atoms with E-state index < -0.39 is 17.7 Å². The number of amides is 1. The van der Waals surface area contributed by atoms with E-state index in [2.05, 4.69) is 0 Å². The summed E-state index contributed by atoms with van der Waals surface area (Å²) in [5.74, 6) is -1.49. The number of benzene rings is 3. The molecule has 1 aliphatic heterocycles. The maximum absolute atomic E-state index is 13.0. The number of carbonyl (C=O) groups excluding carboxylic acids is 2. The standard InChI is InChI=1S/C25H21NO3/c1-16-8-12-18(13-9-16)22-21(23(27)19-14-10-17(2)11-15-19)24(28)25(29)26(22)20-6-4-3-5-7-20/h3-15,22,27H,1-2H3/b23-21+. The second-order valence-electron chi connectivity index (χ2n) is 7.28. The van der Waals surface area contributed by atoms with Crippen molar-refractivity contribution in [2.24, 2.45) is 0 Å². The van der Waals surface area contributed by atoms with Gasteiger partial charge in [-0.1, -0.05) is 77.9 Å². The lowest BCUT2D eigenvalue weighted by Gasteiger charge is -2.25. The molecule has 0 bridgehead atoms. The van der Waals surface area contributed by atoms with Crippen molar-refractivity contribution in [3.8, 4) is 0 Å². The smallest absolute Gasteiger partial charge is 0.300 e. The van der Waals surface area contributed by atoms with Crippen molar-refractivity contribution in [2.75, 3.05) is 4.90 Å². The summed E-state index contributed by atoms with van der Waals surface area (Å²) < 4.78 is 0. The minimum Gasteiger partial charge on any atom is -0.507 e. The van der Waals surface area contributed by atoms with E-state index in [1.807, 2.05) is 68.4 Å². The topological polar surface area (TPSA) is 57.6 Å².